The molecule has 0 N–H and O–H groups in total. The average molecular weight is 343 g/mol. The third-order valence-corrected chi connectivity index (χ3v) is 9.66. The molecule has 0 nitrogen and oxygen atoms in total. The molecule has 1 saturated heterocycles. The van der Waals surface area contributed by atoms with Crippen molar-refractivity contribution >= 4 is 23.4 Å². The van der Waals surface area contributed by atoms with E-state index in [1.807, 2.05) is 0 Å². The Balaban J connectivity index is 1.75. The van der Waals surface area contributed by atoms with Gasteiger partial charge >= 0.3 is 0 Å². The Kier molecular flexibility index (Phi) is 5.76. The summed E-state index contributed by atoms with van der Waals surface area (Å²) in [6, 6.07) is 0. The third kappa shape index (κ3) is 3.23. The molecule has 0 bridgehead atoms. The van der Waals surface area contributed by atoms with Crippen molar-refractivity contribution in [1.29, 1.82) is 0 Å². The van der Waals surface area contributed by atoms with Gasteiger partial charge in [-0.1, -0.05) is 52.9 Å². The minimum Gasteiger partial charge on any atom is -0.157 e. The first-order valence-electron chi connectivity index (χ1n) is 9.82. The molecule has 1 heterocycles. The van der Waals surface area contributed by atoms with E-state index in [0.29, 0.717) is 10.8 Å². The van der Waals surface area contributed by atoms with Crippen molar-refractivity contribution in [3.05, 3.63) is 0 Å². The SMILES string of the molecule is CCCC(C)C1(C)CSC(C2CCC(Cl)CC2)C1C1CCC1. The van der Waals surface area contributed by atoms with Crippen LogP contribution in [0.4, 0.5) is 0 Å². The standard InChI is InChI=1S/C20H35ClS/c1-4-6-14(2)20(3)13-22-19(18(20)15-7-5-8-15)16-9-11-17(21)12-10-16/h14-19H,4-13H2,1-3H3. The van der Waals surface area contributed by atoms with Gasteiger partial charge in [-0.15, -0.1) is 11.6 Å². The Bertz CT molecular complexity index is 359. The molecule has 128 valence electrons. The monoisotopic (exact) mass is 342 g/mol. The van der Waals surface area contributed by atoms with E-state index in [9.17, 15) is 0 Å². The Hall–Kier alpha value is 0.640. The van der Waals surface area contributed by atoms with Gasteiger partial charge in [0, 0.05) is 10.6 Å². The van der Waals surface area contributed by atoms with E-state index in [1.54, 1.807) is 0 Å². The molecule has 4 unspecified atom stereocenters. The van der Waals surface area contributed by atoms with Gasteiger partial charge in [-0.2, -0.15) is 11.8 Å². The predicted molar refractivity (Wildman–Crippen MR) is 101 cm³/mol. The zero-order chi connectivity index (χ0) is 15.7. The number of rotatable bonds is 5. The molecule has 2 saturated carbocycles. The van der Waals surface area contributed by atoms with E-state index in [2.05, 4.69) is 32.5 Å². The highest BCUT2D eigenvalue weighted by molar-refractivity contribution is 8.00. The lowest BCUT2D eigenvalue weighted by molar-refractivity contribution is 0.0350. The van der Waals surface area contributed by atoms with Crippen molar-refractivity contribution in [1.82, 2.24) is 0 Å². The van der Waals surface area contributed by atoms with Gasteiger partial charge in [0.05, 0.1) is 0 Å². The van der Waals surface area contributed by atoms with Gasteiger partial charge in [0.15, 0.2) is 0 Å². The Labute approximate surface area is 147 Å². The number of thioether (sulfide) groups is 1. The molecule has 0 radical (unpaired) electrons. The van der Waals surface area contributed by atoms with Crippen LogP contribution < -0.4 is 0 Å². The second kappa shape index (κ2) is 7.26. The number of hydrogen-bond acceptors (Lipinski definition) is 1. The van der Waals surface area contributed by atoms with E-state index in [-0.39, 0.29) is 0 Å². The van der Waals surface area contributed by atoms with Crippen molar-refractivity contribution in [2.45, 2.75) is 89.2 Å². The molecule has 0 aromatic rings. The largest absolute Gasteiger partial charge is 0.157 e. The molecule has 1 aliphatic heterocycles. The summed E-state index contributed by atoms with van der Waals surface area (Å²) in [5.41, 5.74) is 0.592. The topological polar surface area (TPSA) is 0 Å². The van der Waals surface area contributed by atoms with Crippen molar-refractivity contribution in [3.63, 3.8) is 0 Å². The van der Waals surface area contributed by atoms with Crippen LogP contribution in [0.3, 0.4) is 0 Å². The van der Waals surface area contributed by atoms with Crippen molar-refractivity contribution in [2.75, 3.05) is 5.75 Å². The zero-order valence-electron chi connectivity index (χ0n) is 14.8. The molecule has 22 heavy (non-hydrogen) atoms. The first-order chi connectivity index (χ1) is 10.6. The van der Waals surface area contributed by atoms with Crippen molar-refractivity contribution < 1.29 is 0 Å². The first-order valence-corrected chi connectivity index (χ1v) is 11.3. The molecule has 4 atom stereocenters. The summed E-state index contributed by atoms with van der Waals surface area (Å²) in [7, 11) is 0. The van der Waals surface area contributed by atoms with E-state index in [1.165, 1.54) is 63.5 Å². The highest BCUT2D eigenvalue weighted by Gasteiger charge is 2.54. The maximum Gasteiger partial charge on any atom is 0.0336 e. The van der Waals surface area contributed by atoms with Crippen LogP contribution in [0.25, 0.3) is 0 Å². The second-order valence-corrected chi connectivity index (χ2v) is 10.5. The van der Waals surface area contributed by atoms with Gasteiger partial charge in [0.25, 0.3) is 0 Å². The van der Waals surface area contributed by atoms with Crippen LogP contribution in [0.1, 0.15) is 78.6 Å². The maximum absolute atomic E-state index is 6.37. The Morgan fingerprint density at radius 3 is 2.32 bits per heavy atom. The van der Waals surface area contributed by atoms with E-state index in [4.69, 9.17) is 11.6 Å². The lowest BCUT2D eigenvalue weighted by Gasteiger charge is -2.48. The van der Waals surface area contributed by atoms with Crippen LogP contribution in [0.5, 0.6) is 0 Å². The molecule has 3 rings (SSSR count). The highest BCUT2D eigenvalue weighted by Crippen LogP contribution is 2.60. The van der Waals surface area contributed by atoms with Gasteiger partial charge in [-0.05, 0) is 60.5 Å². The van der Waals surface area contributed by atoms with Crippen LogP contribution in [0, 0.1) is 29.1 Å². The van der Waals surface area contributed by atoms with Crippen LogP contribution in [-0.2, 0) is 0 Å². The van der Waals surface area contributed by atoms with Gasteiger partial charge in [-0.25, -0.2) is 0 Å². The summed E-state index contributed by atoms with van der Waals surface area (Å²) in [5, 5.41) is 1.41. The fourth-order valence-electron chi connectivity index (χ4n) is 5.53. The Morgan fingerprint density at radius 2 is 1.77 bits per heavy atom. The minimum atomic E-state index is 0.468. The van der Waals surface area contributed by atoms with Crippen LogP contribution in [0.2, 0.25) is 0 Å². The number of alkyl halides is 1. The molecule has 0 amide bonds. The quantitative estimate of drug-likeness (QED) is 0.497. The third-order valence-electron chi connectivity index (χ3n) is 7.37. The molecule has 0 spiro atoms. The van der Waals surface area contributed by atoms with Gasteiger partial charge in [0.1, 0.15) is 0 Å². The minimum absolute atomic E-state index is 0.468. The van der Waals surface area contributed by atoms with Gasteiger partial charge < -0.3 is 0 Å². The highest BCUT2D eigenvalue weighted by atomic mass is 35.5. The first kappa shape index (κ1) is 17.5. The van der Waals surface area contributed by atoms with E-state index < -0.39 is 0 Å². The fourth-order valence-corrected chi connectivity index (χ4v) is 8.09. The summed E-state index contributed by atoms with van der Waals surface area (Å²) < 4.78 is 0. The normalized spacial score (nSPS) is 44.7. The van der Waals surface area contributed by atoms with Crippen molar-refractivity contribution in [3.8, 4) is 0 Å². The maximum atomic E-state index is 6.37. The summed E-state index contributed by atoms with van der Waals surface area (Å²) in [4.78, 5) is 0. The van der Waals surface area contributed by atoms with Gasteiger partial charge in [-0.3, -0.25) is 0 Å². The molecule has 3 aliphatic rings. The second-order valence-electron chi connectivity index (χ2n) is 8.70. The molecule has 0 aromatic carbocycles. The average Bonchev–Trinajstić information content (AvgIpc) is 2.78. The van der Waals surface area contributed by atoms with E-state index in [0.717, 1.165) is 28.9 Å². The molecule has 2 heteroatoms. The van der Waals surface area contributed by atoms with Gasteiger partial charge in [0.2, 0.25) is 0 Å². The lowest BCUT2D eigenvalue weighted by Crippen LogP contribution is -2.44. The number of halogens is 1. The summed E-state index contributed by atoms with van der Waals surface area (Å²) >= 11 is 8.72. The molecule has 0 aromatic heterocycles. The zero-order valence-corrected chi connectivity index (χ0v) is 16.4. The van der Waals surface area contributed by atoms with Crippen LogP contribution >= 0.6 is 23.4 Å². The molecular weight excluding hydrogens is 308 g/mol. The summed E-state index contributed by atoms with van der Waals surface area (Å²) in [5.74, 6) is 5.30. The lowest BCUT2D eigenvalue weighted by atomic mass is 9.57. The molecule has 2 aliphatic carbocycles. The molecule has 3 fully saturated rings. The Morgan fingerprint density at radius 1 is 1.09 bits per heavy atom. The van der Waals surface area contributed by atoms with Crippen LogP contribution in [0.15, 0.2) is 0 Å². The smallest absolute Gasteiger partial charge is 0.0336 e. The van der Waals surface area contributed by atoms with Crippen LogP contribution in [-0.4, -0.2) is 16.4 Å². The summed E-state index contributed by atoms with van der Waals surface area (Å²) in [6.07, 6.45) is 12.6. The fraction of sp³-hybridized carbons (Fsp3) is 1.00. The number of hydrogen-bond donors (Lipinski definition) is 0. The summed E-state index contributed by atoms with van der Waals surface area (Å²) in [6.45, 7) is 7.56. The van der Waals surface area contributed by atoms with E-state index >= 15 is 0 Å². The predicted octanol–water partition coefficient (Wildman–Crippen LogP) is 6.76. The molecular formula is C20H35ClS. The van der Waals surface area contributed by atoms with Crippen molar-refractivity contribution in [2.24, 2.45) is 29.1 Å².